The van der Waals surface area contributed by atoms with Crippen molar-refractivity contribution in [1.82, 2.24) is 0 Å². The Labute approximate surface area is 153 Å². The first kappa shape index (κ1) is 17.4. The van der Waals surface area contributed by atoms with E-state index < -0.39 is 0 Å². The molecule has 3 rings (SSSR count). The Morgan fingerprint density at radius 3 is 1.88 bits per heavy atom. The Bertz CT molecular complexity index is 858. The quantitative estimate of drug-likeness (QED) is 0.591. The number of benzene rings is 3. The van der Waals surface area contributed by atoms with Gasteiger partial charge in [-0.25, -0.2) is 0 Å². The predicted molar refractivity (Wildman–Crippen MR) is 99.1 cm³/mol. The van der Waals surface area contributed by atoms with E-state index in [0.717, 1.165) is 11.1 Å². The molecule has 3 aromatic rings. The molecule has 4 nitrogen and oxygen atoms in total. The number of rotatable bonds is 8. The van der Waals surface area contributed by atoms with Gasteiger partial charge in [-0.15, -0.1) is 0 Å². The summed E-state index contributed by atoms with van der Waals surface area (Å²) in [5, 5.41) is 8.75. The lowest BCUT2D eigenvalue weighted by atomic mass is 10.2. The summed E-state index contributed by atoms with van der Waals surface area (Å²) in [5.41, 5.74) is 2.14. The SMILES string of the molecule is N#CCOc1ccc(OCc2ccccc2)cc1OCc1ccccc1. The van der Waals surface area contributed by atoms with Gasteiger partial charge in [0.1, 0.15) is 25.0 Å². The van der Waals surface area contributed by atoms with Gasteiger partial charge in [-0.05, 0) is 23.3 Å². The van der Waals surface area contributed by atoms with Crippen LogP contribution in [0.2, 0.25) is 0 Å². The van der Waals surface area contributed by atoms with Crippen LogP contribution in [0.1, 0.15) is 11.1 Å². The number of hydrogen-bond donors (Lipinski definition) is 0. The Balaban J connectivity index is 1.71. The van der Waals surface area contributed by atoms with Gasteiger partial charge in [0.15, 0.2) is 18.1 Å². The molecule has 0 aliphatic heterocycles. The lowest BCUT2D eigenvalue weighted by Crippen LogP contribution is -2.01. The van der Waals surface area contributed by atoms with Crippen molar-refractivity contribution in [2.75, 3.05) is 6.61 Å². The van der Waals surface area contributed by atoms with Crippen LogP contribution >= 0.6 is 0 Å². The average molecular weight is 345 g/mol. The summed E-state index contributed by atoms with van der Waals surface area (Å²) in [5.74, 6) is 1.76. The molecule has 0 N–H and O–H groups in total. The highest BCUT2D eigenvalue weighted by atomic mass is 16.5. The summed E-state index contributed by atoms with van der Waals surface area (Å²) >= 11 is 0. The molecule has 0 spiro atoms. The van der Waals surface area contributed by atoms with Crippen LogP contribution in [0.4, 0.5) is 0 Å². The summed E-state index contributed by atoms with van der Waals surface area (Å²) in [6, 6.07) is 27.2. The molecular weight excluding hydrogens is 326 g/mol. The third-order valence-corrected chi connectivity index (χ3v) is 3.69. The Hall–Kier alpha value is -3.45. The molecular formula is C22H19NO3. The van der Waals surface area contributed by atoms with Gasteiger partial charge in [-0.2, -0.15) is 5.26 Å². The van der Waals surface area contributed by atoms with Crippen LogP contribution < -0.4 is 14.2 Å². The minimum Gasteiger partial charge on any atom is -0.489 e. The molecule has 26 heavy (non-hydrogen) atoms. The van der Waals surface area contributed by atoms with E-state index in [1.54, 1.807) is 12.1 Å². The molecule has 4 heteroatoms. The van der Waals surface area contributed by atoms with Crippen LogP contribution in [0.3, 0.4) is 0 Å². The van der Waals surface area contributed by atoms with E-state index in [1.165, 1.54) is 0 Å². The predicted octanol–water partition coefficient (Wildman–Crippen LogP) is 4.75. The van der Waals surface area contributed by atoms with Gasteiger partial charge in [0.25, 0.3) is 0 Å². The van der Waals surface area contributed by atoms with Crippen molar-refractivity contribution in [1.29, 1.82) is 5.26 Å². The number of nitriles is 1. The maximum Gasteiger partial charge on any atom is 0.174 e. The topological polar surface area (TPSA) is 51.5 Å². The number of ether oxygens (including phenoxy) is 3. The molecule has 0 heterocycles. The molecule has 3 aromatic carbocycles. The van der Waals surface area contributed by atoms with Crippen LogP contribution in [0.25, 0.3) is 0 Å². The molecule has 0 fully saturated rings. The standard InChI is InChI=1S/C22H19NO3/c23-13-14-24-21-12-11-20(25-16-18-7-3-1-4-8-18)15-22(21)26-17-19-9-5-2-6-10-19/h1-12,15H,14,16-17H2. The third-order valence-electron chi connectivity index (χ3n) is 3.69. The molecule has 0 amide bonds. The highest BCUT2D eigenvalue weighted by Gasteiger charge is 2.09. The molecule has 0 aromatic heterocycles. The summed E-state index contributed by atoms with van der Waals surface area (Å²) in [4.78, 5) is 0. The molecule has 130 valence electrons. The van der Waals surface area contributed by atoms with E-state index in [0.29, 0.717) is 30.5 Å². The highest BCUT2D eigenvalue weighted by molar-refractivity contribution is 5.46. The fourth-order valence-corrected chi connectivity index (χ4v) is 2.40. The molecule has 0 aliphatic rings. The van der Waals surface area contributed by atoms with Crippen LogP contribution in [0.15, 0.2) is 78.9 Å². The van der Waals surface area contributed by atoms with Gasteiger partial charge in [0.2, 0.25) is 0 Å². The van der Waals surface area contributed by atoms with Crippen molar-refractivity contribution in [3.8, 4) is 23.3 Å². The van der Waals surface area contributed by atoms with E-state index in [1.807, 2.05) is 72.8 Å². The van der Waals surface area contributed by atoms with Gasteiger partial charge in [0, 0.05) is 6.07 Å². The zero-order valence-electron chi connectivity index (χ0n) is 14.3. The second-order valence-electron chi connectivity index (χ2n) is 5.60. The summed E-state index contributed by atoms with van der Waals surface area (Å²) in [7, 11) is 0. The minimum absolute atomic E-state index is 0.0358. The highest BCUT2D eigenvalue weighted by Crippen LogP contribution is 2.32. The van der Waals surface area contributed by atoms with Crippen molar-refractivity contribution < 1.29 is 14.2 Å². The van der Waals surface area contributed by atoms with E-state index in [9.17, 15) is 0 Å². The minimum atomic E-state index is -0.0358. The lowest BCUT2D eigenvalue weighted by Gasteiger charge is -2.14. The molecule has 0 unspecified atom stereocenters. The van der Waals surface area contributed by atoms with E-state index in [4.69, 9.17) is 19.5 Å². The van der Waals surface area contributed by atoms with E-state index >= 15 is 0 Å². The zero-order chi connectivity index (χ0) is 18.0. The first-order chi connectivity index (χ1) is 12.8. The van der Waals surface area contributed by atoms with Gasteiger partial charge in [0.05, 0.1) is 0 Å². The second-order valence-corrected chi connectivity index (χ2v) is 5.60. The van der Waals surface area contributed by atoms with E-state index in [2.05, 4.69) is 0 Å². The van der Waals surface area contributed by atoms with Crippen LogP contribution in [-0.4, -0.2) is 6.61 Å². The first-order valence-electron chi connectivity index (χ1n) is 8.32. The van der Waals surface area contributed by atoms with Crippen molar-refractivity contribution >= 4 is 0 Å². The monoisotopic (exact) mass is 345 g/mol. The summed E-state index contributed by atoms with van der Waals surface area (Å²) in [6.07, 6.45) is 0. The number of hydrogen-bond acceptors (Lipinski definition) is 4. The van der Waals surface area contributed by atoms with Crippen LogP contribution in [0.5, 0.6) is 17.2 Å². The fourth-order valence-electron chi connectivity index (χ4n) is 2.40. The summed E-state index contributed by atoms with van der Waals surface area (Å²) in [6.45, 7) is 0.842. The normalized spacial score (nSPS) is 9.96. The lowest BCUT2D eigenvalue weighted by molar-refractivity contribution is 0.268. The van der Waals surface area contributed by atoms with Crippen LogP contribution in [0, 0.1) is 11.3 Å². The summed E-state index contributed by atoms with van der Waals surface area (Å²) < 4.78 is 17.2. The molecule has 0 bridgehead atoms. The van der Waals surface area contributed by atoms with Gasteiger partial charge in [-0.3, -0.25) is 0 Å². The Kier molecular flexibility index (Phi) is 6.11. The number of nitrogens with zero attached hydrogens (tertiary/aromatic N) is 1. The molecule has 0 aliphatic carbocycles. The maximum atomic E-state index is 8.75. The second kappa shape index (κ2) is 9.14. The van der Waals surface area contributed by atoms with Crippen molar-refractivity contribution in [3.63, 3.8) is 0 Å². The van der Waals surface area contributed by atoms with E-state index in [-0.39, 0.29) is 6.61 Å². The zero-order valence-corrected chi connectivity index (χ0v) is 14.3. The van der Waals surface area contributed by atoms with Crippen molar-refractivity contribution in [2.24, 2.45) is 0 Å². The third kappa shape index (κ3) is 5.02. The Morgan fingerprint density at radius 2 is 1.27 bits per heavy atom. The maximum absolute atomic E-state index is 8.75. The Morgan fingerprint density at radius 1 is 0.654 bits per heavy atom. The van der Waals surface area contributed by atoms with Gasteiger partial charge >= 0.3 is 0 Å². The van der Waals surface area contributed by atoms with Gasteiger partial charge in [-0.1, -0.05) is 60.7 Å². The first-order valence-corrected chi connectivity index (χ1v) is 8.32. The smallest absolute Gasteiger partial charge is 0.174 e. The molecule has 0 saturated carbocycles. The largest absolute Gasteiger partial charge is 0.489 e. The van der Waals surface area contributed by atoms with Crippen molar-refractivity contribution in [2.45, 2.75) is 13.2 Å². The fraction of sp³-hybridized carbons (Fsp3) is 0.136. The van der Waals surface area contributed by atoms with Gasteiger partial charge < -0.3 is 14.2 Å². The molecule has 0 atom stereocenters. The molecule has 0 radical (unpaired) electrons. The average Bonchev–Trinajstić information content (AvgIpc) is 2.71. The van der Waals surface area contributed by atoms with Crippen molar-refractivity contribution in [3.05, 3.63) is 90.0 Å². The molecule has 0 saturated heterocycles. The van der Waals surface area contributed by atoms with Crippen LogP contribution in [-0.2, 0) is 13.2 Å².